The van der Waals surface area contributed by atoms with Gasteiger partial charge >= 0.3 is 0 Å². The standard InChI is InChI=1S/C15H20O3/c1-9-6-10-7-13(2,8-16)12(17)11(10)14(3,18)15(9)4-5-15/h6,16,18H,4-5,7-8H2,1-3H3/t13-,14-/m0/s1. The van der Waals surface area contributed by atoms with Crippen LogP contribution < -0.4 is 0 Å². The monoisotopic (exact) mass is 248 g/mol. The number of hydrogen-bond acceptors (Lipinski definition) is 3. The lowest BCUT2D eigenvalue weighted by Crippen LogP contribution is -2.45. The van der Waals surface area contributed by atoms with E-state index in [0.29, 0.717) is 12.0 Å². The Labute approximate surface area is 107 Å². The van der Waals surface area contributed by atoms with Crippen molar-refractivity contribution in [2.75, 3.05) is 6.61 Å². The Bertz CT molecular complexity index is 506. The molecule has 1 spiro atoms. The number of carbonyl (C=O) groups excluding carboxylic acids is 1. The molecule has 3 nitrogen and oxygen atoms in total. The molecule has 0 bridgehead atoms. The summed E-state index contributed by atoms with van der Waals surface area (Å²) in [6.07, 6.45) is 4.50. The molecular weight excluding hydrogens is 228 g/mol. The fraction of sp³-hybridized carbons (Fsp3) is 0.667. The van der Waals surface area contributed by atoms with Crippen LogP contribution in [0.15, 0.2) is 22.8 Å². The minimum atomic E-state index is -1.06. The van der Waals surface area contributed by atoms with Crippen LogP contribution in [0.2, 0.25) is 0 Å². The Morgan fingerprint density at radius 1 is 1.33 bits per heavy atom. The first kappa shape index (κ1) is 12.1. The molecule has 0 aromatic carbocycles. The molecule has 0 aromatic heterocycles. The van der Waals surface area contributed by atoms with E-state index >= 15 is 0 Å². The Morgan fingerprint density at radius 2 is 1.94 bits per heavy atom. The average Bonchev–Trinajstić information content (AvgIpc) is 3.04. The van der Waals surface area contributed by atoms with Gasteiger partial charge in [0.15, 0.2) is 5.78 Å². The zero-order valence-electron chi connectivity index (χ0n) is 11.2. The van der Waals surface area contributed by atoms with Crippen molar-refractivity contribution in [1.82, 2.24) is 0 Å². The summed E-state index contributed by atoms with van der Waals surface area (Å²) in [5, 5.41) is 20.4. The van der Waals surface area contributed by atoms with Gasteiger partial charge in [0.25, 0.3) is 0 Å². The van der Waals surface area contributed by atoms with Crippen molar-refractivity contribution in [2.24, 2.45) is 10.8 Å². The van der Waals surface area contributed by atoms with Crippen LogP contribution >= 0.6 is 0 Å². The first-order valence-electron chi connectivity index (χ1n) is 6.59. The highest BCUT2D eigenvalue weighted by atomic mass is 16.3. The molecule has 0 heterocycles. The maximum Gasteiger partial charge on any atom is 0.170 e. The predicted octanol–water partition coefficient (Wildman–Crippen LogP) is 1.75. The van der Waals surface area contributed by atoms with Crippen LogP contribution in [0, 0.1) is 10.8 Å². The molecule has 1 saturated carbocycles. The first-order valence-corrected chi connectivity index (χ1v) is 6.59. The van der Waals surface area contributed by atoms with Gasteiger partial charge in [0.05, 0.1) is 17.6 Å². The van der Waals surface area contributed by atoms with E-state index in [4.69, 9.17) is 0 Å². The number of carbonyl (C=O) groups is 1. The lowest BCUT2D eigenvalue weighted by Gasteiger charge is -2.39. The van der Waals surface area contributed by atoms with Crippen LogP contribution in [0.4, 0.5) is 0 Å². The lowest BCUT2D eigenvalue weighted by atomic mass is 9.69. The molecule has 3 aliphatic rings. The SMILES string of the molecule is CC1=CC2=C(C(=O)[C@](C)(CO)C2)[C@](C)(O)C12CC2. The Kier molecular flexibility index (Phi) is 2.12. The summed E-state index contributed by atoms with van der Waals surface area (Å²) in [7, 11) is 0. The molecule has 2 atom stereocenters. The summed E-state index contributed by atoms with van der Waals surface area (Å²) in [5.74, 6) is -0.0694. The van der Waals surface area contributed by atoms with Gasteiger partial charge in [-0.25, -0.2) is 0 Å². The molecular formula is C15H20O3. The quantitative estimate of drug-likeness (QED) is 0.743. The van der Waals surface area contributed by atoms with E-state index in [1.807, 2.05) is 6.92 Å². The summed E-state index contributed by atoms with van der Waals surface area (Å²) in [6, 6.07) is 0. The van der Waals surface area contributed by atoms with Crippen molar-refractivity contribution in [1.29, 1.82) is 0 Å². The summed E-state index contributed by atoms with van der Waals surface area (Å²) in [6.45, 7) is 5.44. The van der Waals surface area contributed by atoms with Crippen molar-refractivity contribution in [3.8, 4) is 0 Å². The van der Waals surface area contributed by atoms with Gasteiger partial charge in [-0.3, -0.25) is 4.79 Å². The maximum atomic E-state index is 12.5. The summed E-state index contributed by atoms with van der Waals surface area (Å²) in [4.78, 5) is 12.5. The zero-order chi connectivity index (χ0) is 13.3. The van der Waals surface area contributed by atoms with Crippen LogP contribution in [0.1, 0.15) is 40.0 Å². The van der Waals surface area contributed by atoms with Gasteiger partial charge in [-0.2, -0.15) is 0 Å². The molecule has 18 heavy (non-hydrogen) atoms. The normalized spacial score (nSPS) is 41.2. The first-order chi connectivity index (χ1) is 8.28. The van der Waals surface area contributed by atoms with Gasteiger partial charge in [-0.15, -0.1) is 0 Å². The number of aliphatic hydroxyl groups excluding tert-OH is 1. The van der Waals surface area contributed by atoms with E-state index in [9.17, 15) is 15.0 Å². The van der Waals surface area contributed by atoms with Crippen molar-refractivity contribution < 1.29 is 15.0 Å². The summed E-state index contributed by atoms with van der Waals surface area (Å²) >= 11 is 0. The second kappa shape index (κ2) is 3.14. The molecule has 0 radical (unpaired) electrons. The molecule has 0 saturated heterocycles. The molecule has 3 rings (SSSR count). The number of aliphatic hydroxyl groups is 2. The topological polar surface area (TPSA) is 57.5 Å². The van der Waals surface area contributed by atoms with Crippen LogP contribution in [0.3, 0.4) is 0 Å². The Morgan fingerprint density at radius 3 is 2.44 bits per heavy atom. The van der Waals surface area contributed by atoms with Crippen molar-refractivity contribution in [2.45, 2.75) is 45.6 Å². The average molecular weight is 248 g/mol. The second-order valence-electron chi connectivity index (χ2n) is 6.61. The molecule has 2 N–H and O–H groups in total. The zero-order valence-corrected chi connectivity index (χ0v) is 11.2. The minimum Gasteiger partial charge on any atom is -0.395 e. The van der Waals surface area contributed by atoms with E-state index in [0.717, 1.165) is 18.4 Å². The van der Waals surface area contributed by atoms with E-state index in [1.54, 1.807) is 13.8 Å². The van der Waals surface area contributed by atoms with Gasteiger partial charge < -0.3 is 10.2 Å². The van der Waals surface area contributed by atoms with E-state index in [2.05, 4.69) is 6.08 Å². The third-order valence-electron chi connectivity index (χ3n) is 5.34. The van der Waals surface area contributed by atoms with Crippen molar-refractivity contribution in [3.63, 3.8) is 0 Å². The van der Waals surface area contributed by atoms with Crippen molar-refractivity contribution >= 4 is 5.78 Å². The lowest BCUT2D eigenvalue weighted by molar-refractivity contribution is -0.127. The van der Waals surface area contributed by atoms with Gasteiger partial charge in [0, 0.05) is 11.0 Å². The van der Waals surface area contributed by atoms with Gasteiger partial charge in [-0.1, -0.05) is 11.6 Å². The molecule has 1 fully saturated rings. The number of hydrogen-bond donors (Lipinski definition) is 2. The molecule has 3 heteroatoms. The van der Waals surface area contributed by atoms with Crippen LogP contribution in [-0.2, 0) is 4.79 Å². The summed E-state index contributed by atoms with van der Waals surface area (Å²) < 4.78 is 0. The summed E-state index contributed by atoms with van der Waals surface area (Å²) in [5.41, 5.74) is 0.638. The highest BCUT2D eigenvalue weighted by Gasteiger charge is 2.64. The van der Waals surface area contributed by atoms with Gasteiger partial charge in [0.1, 0.15) is 0 Å². The highest BCUT2D eigenvalue weighted by molar-refractivity contribution is 6.06. The van der Waals surface area contributed by atoms with Gasteiger partial charge in [-0.05, 0) is 45.6 Å². The molecule has 0 unspecified atom stereocenters. The van der Waals surface area contributed by atoms with Gasteiger partial charge in [0.2, 0.25) is 0 Å². The highest BCUT2D eigenvalue weighted by Crippen LogP contribution is 2.65. The fourth-order valence-corrected chi connectivity index (χ4v) is 3.85. The Balaban J connectivity index is 2.14. The van der Waals surface area contributed by atoms with E-state index < -0.39 is 11.0 Å². The fourth-order valence-electron chi connectivity index (χ4n) is 3.85. The van der Waals surface area contributed by atoms with E-state index in [1.165, 1.54) is 5.57 Å². The molecule has 3 aliphatic carbocycles. The third-order valence-corrected chi connectivity index (χ3v) is 5.34. The van der Waals surface area contributed by atoms with E-state index in [-0.39, 0.29) is 17.8 Å². The minimum absolute atomic E-state index is 0.0694. The predicted molar refractivity (Wildman–Crippen MR) is 67.9 cm³/mol. The molecule has 0 amide bonds. The molecule has 0 aliphatic heterocycles. The van der Waals surface area contributed by atoms with Crippen LogP contribution in [0.5, 0.6) is 0 Å². The number of ketones is 1. The molecule has 98 valence electrons. The number of allylic oxidation sites excluding steroid dienone is 2. The van der Waals surface area contributed by atoms with Crippen LogP contribution in [0.25, 0.3) is 0 Å². The molecule has 0 aromatic rings. The Hall–Kier alpha value is -0.930. The second-order valence-corrected chi connectivity index (χ2v) is 6.61. The maximum absolute atomic E-state index is 12.5. The number of Topliss-reactive ketones (excluding diaryl/α,β-unsaturated/α-hetero) is 1. The number of rotatable bonds is 1. The third kappa shape index (κ3) is 1.14. The van der Waals surface area contributed by atoms with Crippen molar-refractivity contribution in [3.05, 3.63) is 22.8 Å². The smallest absolute Gasteiger partial charge is 0.170 e. The van der Waals surface area contributed by atoms with Crippen LogP contribution in [-0.4, -0.2) is 28.2 Å². The largest absolute Gasteiger partial charge is 0.395 e.